The van der Waals surface area contributed by atoms with Gasteiger partial charge < -0.3 is 10.2 Å². The lowest BCUT2D eigenvalue weighted by atomic mass is 9.93. The van der Waals surface area contributed by atoms with E-state index in [0.717, 1.165) is 28.9 Å². The van der Waals surface area contributed by atoms with Crippen LogP contribution in [0.3, 0.4) is 0 Å². The highest BCUT2D eigenvalue weighted by molar-refractivity contribution is 5.94. The molecule has 41 heavy (non-hydrogen) atoms. The van der Waals surface area contributed by atoms with E-state index in [2.05, 4.69) is 27.9 Å². The fourth-order valence-electron chi connectivity index (χ4n) is 4.70. The first-order valence-electron chi connectivity index (χ1n) is 13.9. The van der Waals surface area contributed by atoms with Crippen LogP contribution in [0.4, 0.5) is 10.1 Å². The molecule has 0 radical (unpaired) electrons. The van der Waals surface area contributed by atoms with Gasteiger partial charge in [0.05, 0.1) is 5.70 Å². The number of pyridine rings is 1. The zero-order valence-electron chi connectivity index (χ0n) is 25.7. The molecule has 1 amide bonds. The largest absolute Gasteiger partial charge is 0.388 e. The van der Waals surface area contributed by atoms with Gasteiger partial charge in [-0.3, -0.25) is 24.0 Å². The second-order valence-electron chi connectivity index (χ2n) is 9.91. The van der Waals surface area contributed by atoms with Crippen molar-refractivity contribution in [1.29, 1.82) is 0 Å². The van der Waals surface area contributed by atoms with Crippen molar-refractivity contribution in [3.8, 4) is 0 Å². The van der Waals surface area contributed by atoms with Crippen molar-refractivity contribution in [1.82, 2.24) is 14.4 Å². The second kappa shape index (κ2) is 15.7. The SMILES string of the molecule is C=C(/C=C(\C)CN1CC=C(c2c(C)cc(C(=O)N(C)C)cc2F)CC1)/C(=C\C=NC)n1ccc(NC)cc1=O.CC. The molecule has 0 unspecified atom stereocenters. The van der Waals surface area contributed by atoms with Crippen LogP contribution in [0.2, 0.25) is 0 Å². The van der Waals surface area contributed by atoms with Crippen LogP contribution in [0.25, 0.3) is 11.3 Å². The van der Waals surface area contributed by atoms with Gasteiger partial charge >= 0.3 is 0 Å². The Balaban J connectivity index is 0.00000287. The van der Waals surface area contributed by atoms with Gasteiger partial charge in [-0.25, -0.2) is 4.39 Å². The maximum absolute atomic E-state index is 15.1. The number of amides is 1. The van der Waals surface area contributed by atoms with Crippen molar-refractivity contribution in [2.45, 2.75) is 34.1 Å². The Hall–Kier alpha value is -4.04. The van der Waals surface area contributed by atoms with E-state index in [9.17, 15) is 9.59 Å². The third-order valence-electron chi connectivity index (χ3n) is 6.63. The zero-order valence-corrected chi connectivity index (χ0v) is 25.7. The molecule has 1 aromatic heterocycles. The minimum atomic E-state index is -0.361. The Labute approximate surface area is 244 Å². The van der Waals surface area contributed by atoms with Gasteiger partial charge in [0.2, 0.25) is 0 Å². The summed E-state index contributed by atoms with van der Waals surface area (Å²) in [4.78, 5) is 32.7. The summed E-state index contributed by atoms with van der Waals surface area (Å²) in [6.45, 7) is 14.3. The lowest BCUT2D eigenvalue weighted by Crippen LogP contribution is -2.30. The molecule has 1 aliphatic rings. The summed E-state index contributed by atoms with van der Waals surface area (Å²) >= 11 is 0. The van der Waals surface area contributed by atoms with E-state index in [-0.39, 0.29) is 17.3 Å². The monoisotopic (exact) mass is 561 g/mol. The number of halogens is 1. The number of nitrogens with one attached hydrogen (secondary N) is 1. The maximum atomic E-state index is 15.1. The van der Waals surface area contributed by atoms with Crippen molar-refractivity contribution < 1.29 is 9.18 Å². The number of hydrogen-bond acceptors (Lipinski definition) is 5. The van der Waals surface area contributed by atoms with Gasteiger partial charge in [-0.05, 0) is 61.3 Å². The third-order valence-corrected chi connectivity index (χ3v) is 6.63. The van der Waals surface area contributed by atoms with Crippen LogP contribution in [0.5, 0.6) is 0 Å². The molecule has 2 heterocycles. The molecule has 7 nitrogen and oxygen atoms in total. The van der Waals surface area contributed by atoms with Crippen molar-refractivity contribution in [2.75, 3.05) is 53.1 Å². The van der Waals surface area contributed by atoms with Gasteiger partial charge in [0.1, 0.15) is 5.82 Å². The molecule has 0 fully saturated rings. The van der Waals surface area contributed by atoms with Crippen LogP contribution in [0, 0.1) is 12.7 Å². The standard InChI is InChI=1S/C31H38FN5O2.C2H6/c1-21(16-22(2)28(8-12-33-4)37-15-11-26(34-5)19-29(37)38)20-36-13-9-24(10-14-36)30-23(3)17-25(18-27(30)32)31(39)35(6)7;1-2/h8-9,11-12,15-19,34H,2,10,13-14,20H2,1,3-7H3;1-2H3/b21-16+,28-8+,33-12?;. The average molecular weight is 562 g/mol. The number of allylic oxidation sites excluding steroid dienone is 4. The molecule has 220 valence electrons. The van der Waals surface area contributed by atoms with E-state index >= 15 is 4.39 Å². The van der Waals surface area contributed by atoms with Crippen molar-refractivity contribution in [2.24, 2.45) is 4.99 Å². The van der Waals surface area contributed by atoms with E-state index in [1.165, 1.54) is 17.0 Å². The molecule has 1 N–H and O–H groups in total. The van der Waals surface area contributed by atoms with Crippen molar-refractivity contribution in [3.63, 3.8) is 0 Å². The minimum Gasteiger partial charge on any atom is -0.388 e. The summed E-state index contributed by atoms with van der Waals surface area (Å²) in [5.74, 6) is -0.573. The Morgan fingerprint density at radius 1 is 1.24 bits per heavy atom. The highest BCUT2D eigenvalue weighted by atomic mass is 19.1. The summed E-state index contributed by atoms with van der Waals surface area (Å²) in [5, 5.41) is 2.97. The third kappa shape index (κ3) is 8.72. The molecule has 2 aromatic rings. The van der Waals surface area contributed by atoms with Gasteiger partial charge in [-0.2, -0.15) is 0 Å². The summed E-state index contributed by atoms with van der Waals surface area (Å²) in [6.07, 6.45) is 9.89. The van der Waals surface area contributed by atoms with Crippen molar-refractivity contribution in [3.05, 3.63) is 99.3 Å². The predicted octanol–water partition coefficient (Wildman–Crippen LogP) is 5.90. The van der Waals surface area contributed by atoms with Crippen LogP contribution in [0.15, 0.2) is 76.2 Å². The Morgan fingerprint density at radius 2 is 1.95 bits per heavy atom. The summed E-state index contributed by atoms with van der Waals surface area (Å²) < 4.78 is 16.6. The molecule has 1 aromatic carbocycles. The van der Waals surface area contributed by atoms with Crippen LogP contribution in [-0.2, 0) is 0 Å². The first-order chi connectivity index (χ1) is 19.5. The van der Waals surface area contributed by atoms with Gasteiger partial charge in [0, 0.05) is 83.1 Å². The molecule has 0 saturated carbocycles. The van der Waals surface area contributed by atoms with E-state index in [1.807, 2.05) is 39.8 Å². The second-order valence-corrected chi connectivity index (χ2v) is 9.91. The fraction of sp³-hybridized carbons (Fsp3) is 0.364. The van der Waals surface area contributed by atoms with E-state index < -0.39 is 0 Å². The van der Waals surface area contributed by atoms with Crippen LogP contribution >= 0.6 is 0 Å². The molecule has 8 heteroatoms. The quantitative estimate of drug-likeness (QED) is 0.306. The number of anilines is 1. The van der Waals surface area contributed by atoms with Crippen LogP contribution in [0.1, 0.15) is 48.7 Å². The number of rotatable bonds is 9. The molecule has 0 bridgehead atoms. The number of aromatic nitrogens is 1. The Bertz CT molecular complexity index is 1410. The number of carbonyl (C=O) groups excluding carboxylic acids is 1. The summed E-state index contributed by atoms with van der Waals surface area (Å²) in [6, 6.07) is 6.47. The lowest BCUT2D eigenvalue weighted by molar-refractivity contribution is 0.0827. The number of aryl methyl sites for hydroxylation is 1. The number of aliphatic imine (C=N–C) groups is 1. The number of nitrogens with zero attached hydrogens (tertiary/aromatic N) is 4. The molecule has 0 aliphatic carbocycles. The molecule has 0 atom stereocenters. The summed E-state index contributed by atoms with van der Waals surface area (Å²) in [5.41, 5.74) is 5.68. The van der Waals surface area contributed by atoms with Crippen LogP contribution in [-0.4, -0.2) is 74.3 Å². The highest BCUT2D eigenvalue weighted by Crippen LogP contribution is 2.29. The van der Waals surface area contributed by atoms with Crippen LogP contribution < -0.4 is 10.9 Å². The maximum Gasteiger partial charge on any atom is 0.257 e. The lowest BCUT2D eigenvalue weighted by Gasteiger charge is -2.27. The van der Waals surface area contributed by atoms with E-state index in [0.29, 0.717) is 41.9 Å². The number of benzene rings is 1. The molecule has 1 aliphatic heterocycles. The van der Waals surface area contributed by atoms with Gasteiger partial charge in [-0.15, -0.1) is 0 Å². The molecular formula is C33H44FN5O2. The normalized spacial score (nSPS) is 14.3. The Morgan fingerprint density at radius 3 is 2.49 bits per heavy atom. The topological polar surface area (TPSA) is 69.9 Å². The predicted molar refractivity (Wildman–Crippen MR) is 171 cm³/mol. The van der Waals surface area contributed by atoms with Gasteiger partial charge in [0.25, 0.3) is 11.5 Å². The fourth-order valence-corrected chi connectivity index (χ4v) is 4.70. The minimum absolute atomic E-state index is 0.167. The smallest absolute Gasteiger partial charge is 0.257 e. The first-order valence-corrected chi connectivity index (χ1v) is 13.9. The molecule has 0 saturated heterocycles. The molecule has 0 spiro atoms. The van der Waals surface area contributed by atoms with Crippen molar-refractivity contribution >= 4 is 29.1 Å². The van der Waals surface area contributed by atoms with Gasteiger partial charge in [-0.1, -0.05) is 38.2 Å². The first kappa shape index (κ1) is 33.2. The highest BCUT2D eigenvalue weighted by Gasteiger charge is 2.20. The number of hydrogen-bond donors (Lipinski definition) is 1. The van der Waals surface area contributed by atoms with Gasteiger partial charge in [0.15, 0.2) is 0 Å². The van der Waals surface area contributed by atoms with E-state index in [1.54, 1.807) is 57.3 Å². The zero-order chi connectivity index (χ0) is 30.7. The summed E-state index contributed by atoms with van der Waals surface area (Å²) in [7, 11) is 6.76. The number of carbonyl (C=O) groups is 1. The molecule has 3 rings (SSSR count). The van der Waals surface area contributed by atoms with E-state index in [4.69, 9.17) is 0 Å². The molecular weight excluding hydrogens is 517 g/mol. The Kier molecular flexibility index (Phi) is 12.7. The average Bonchev–Trinajstić information content (AvgIpc) is 2.94.